The van der Waals surface area contributed by atoms with Crippen LogP contribution in [0, 0.1) is 0 Å². The summed E-state index contributed by atoms with van der Waals surface area (Å²) < 4.78 is 7.83. The van der Waals surface area contributed by atoms with Gasteiger partial charge < -0.3 is 14.4 Å². The van der Waals surface area contributed by atoms with E-state index in [0.717, 1.165) is 41.0 Å². The Morgan fingerprint density at radius 2 is 1.92 bits per heavy atom. The summed E-state index contributed by atoms with van der Waals surface area (Å²) in [6.45, 7) is 2.60. The van der Waals surface area contributed by atoms with Gasteiger partial charge in [0.2, 0.25) is 0 Å². The summed E-state index contributed by atoms with van der Waals surface area (Å²) in [4.78, 5) is 16.1. The molecule has 0 radical (unpaired) electrons. The highest BCUT2D eigenvalue weighted by molar-refractivity contribution is 5.93. The first-order valence-electron chi connectivity index (χ1n) is 9.16. The number of hydrogen-bond acceptors (Lipinski definition) is 3. The van der Waals surface area contributed by atoms with Gasteiger partial charge in [0.05, 0.1) is 23.2 Å². The van der Waals surface area contributed by atoms with E-state index in [4.69, 9.17) is 9.72 Å². The first kappa shape index (κ1) is 16.6. The Kier molecular flexibility index (Phi) is 4.37. The molecule has 4 rings (SSSR count). The molecule has 1 aromatic heterocycles. The molecule has 26 heavy (non-hydrogen) atoms. The lowest BCUT2D eigenvalue weighted by atomic mass is 10.1. The van der Waals surface area contributed by atoms with Crippen LogP contribution in [0.2, 0.25) is 0 Å². The van der Waals surface area contributed by atoms with Crippen LogP contribution < -0.4 is 4.74 Å². The molecule has 1 saturated carbocycles. The van der Waals surface area contributed by atoms with Crippen LogP contribution in [0.3, 0.4) is 0 Å². The molecule has 3 aromatic rings. The van der Waals surface area contributed by atoms with Crippen LogP contribution in [0.5, 0.6) is 5.75 Å². The zero-order chi connectivity index (χ0) is 18.1. The van der Waals surface area contributed by atoms with Gasteiger partial charge in [-0.15, -0.1) is 0 Å². The second-order valence-corrected chi connectivity index (χ2v) is 6.71. The molecule has 0 saturated heterocycles. The first-order valence-corrected chi connectivity index (χ1v) is 9.16. The van der Waals surface area contributed by atoms with Gasteiger partial charge in [-0.1, -0.05) is 12.8 Å². The number of carboxylic acid groups (broad SMARTS) is 1. The Morgan fingerprint density at radius 3 is 2.58 bits per heavy atom. The van der Waals surface area contributed by atoms with Gasteiger partial charge in [-0.2, -0.15) is 0 Å². The van der Waals surface area contributed by atoms with Crippen molar-refractivity contribution < 1.29 is 14.6 Å². The Labute approximate surface area is 152 Å². The third-order valence-electron chi connectivity index (χ3n) is 5.05. The van der Waals surface area contributed by atoms with Crippen molar-refractivity contribution in [3.8, 4) is 17.1 Å². The molecule has 134 valence electrons. The van der Waals surface area contributed by atoms with Crippen LogP contribution in [-0.4, -0.2) is 27.2 Å². The summed E-state index contributed by atoms with van der Waals surface area (Å²) in [5.74, 6) is 0.815. The lowest BCUT2D eigenvalue weighted by Crippen LogP contribution is -2.06. The van der Waals surface area contributed by atoms with Gasteiger partial charge >= 0.3 is 5.97 Å². The number of aromatic carboxylic acids is 1. The van der Waals surface area contributed by atoms with Crippen molar-refractivity contribution in [2.75, 3.05) is 6.61 Å². The Balaban J connectivity index is 1.85. The van der Waals surface area contributed by atoms with Gasteiger partial charge in [-0.25, -0.2) is 9.78 Å². The minimum Gasteiger partial charge on any atom is -0.494 e. The quantitative estimate of drug-likeness (QED) is 0.710. The summed E-state index contributed by atoms with van der Waals surface area (Å²) in [5, 5.41) is 9.28. The number of carbonyl (C=O) groups is 1. The number of imidazole rings is 1. The lowest BCUT2D eigenvalue weighted by Gasteiger charge is -2.16. The van der Waals surface area contributed by atoms with Gasteiger partial charge in [0, 0.05) is 11.6 Å². The molecule has 2 aromatic carbocycles. The fourth-order valence-electron chi connectivity index (χ4n) is 3.83. The predicted molar refractivity (Wildman–Crippen MR) is 101 cm³/mol. The molecular formula is C21H22N2O3. The van der Waals surface area contributed by atoms with Crippen LogP contribution in [0.4, 0.5) is 0 Å². The number of benzene rings is 2. The predicted octanol–water partition coefficient (Wildman–Crippen LogP) is 4.92. The van der Waals surface area contributed by atoms with Crippen LogP contribution in [0.15, 0.2) is 42.5 Å². The second-order valence-electron chi connectivity index (χ2n) is 6.71. The van der Waals surface area contributed by atoms with Crippen LogP contribution >= 0.6 is 0 Å². The summed E-state index contributed by atoms with van der Waals surface area (Å²) in [5.41, 5.74) is 3.03. The maximum absolute atomic E-state index is 11.3. The van der Waals surface area contributed by atoms with E-state index in [-0.39, 0.29) is 5.56 Å². The largest absolute Gasteiger partial charge is 0.494 e. The smallest absolute Gasteiger partial charge is 0.335 e. The zero-order valence-electron chi connectivity index (χ0n) is 14.8. The van der Waals surface area contributed by atoms with E-state index >= 15 is 0 Å². The van der Waals surface area contributed by atoms with Crippen molar-refractivity contribution in [2.45, 2.75) is 38.6 Å². The molecule has 0 bridgehead atoms. The maximum Gasteiger partial charge on any atom is 0.335 e. The van der Waals surface area contributed by atoms with E-state index in [9.17, 15) is 9.90 Å². The molecule has 0 aliphatic heterocycles. The lowest BCUT2D eigenvalue weighted by molar-refractivity contribution is 0.0697. The normalized spacial score (nSPS) is 14.8. The highest BCUT2D eigenvalue weighted by Gasteiger charge is 2.24. The Hall–Kier alpha value is -2.82. The summed E-state index contributed by atoms with van der Waals surface area (Å²) in [6, 6.07) is 13.6. The minimum atomic E-state index is -0.926. The number of nitrogens with zero attached hydrogens (tertiary/aromatic N) is 2. The molecule has 1 N–H and O–H groups in total. The molecule has 0 spiro atoms. The average Bonchev–Trinajstić information content (AvgIpc) is 3.29. The SMILES string of the molecule is CCOc1ccc(-c2nc3cc(C(=O)O)ccc3n2C2CCCC2)cc1. The first-order chi connectivity index (χ1) is 12.7. The van der Waals surface area contributed by atoms with E-state index < -0.39 is 5.97 Å². The monoisotopic (exact) mass is 350 g/mol. The van der Waals surface area contributed by atoms with Gasteiger partial charge in [0.1, 0.15) is 11.6 Å². The number of fused-ring (bicyclic) bond motifs is 1. The highest BCUT2D eigenvalue weighted by atomic mass is 16.5. The van der Waals surface area contributed by atoms with E-state index in [1.165, 1.54) is 12.8 Å². The molecule has 1 aliphatic carbocycles. The summed E-state index contributed by atoms with van der Waals surface area (Å²) in [6.07, 6.45) is 4.72. The molecule has 0 atom stereocenters. The maximum atomic E-state index is 11.3. The fraction of sp³-hybridized carbons (Fsp3) is 0.333. The molecular weight excluding hydrogens is 328 g/mol. The molecule has 5 heteroatoms. The van der Waals surface area contributed by atoms with Gasteiger partial charge in [-0.05, 0) is 62.2 Å². The van der Waals surface area contributed by atoms with E-state index in [1.807, 2.05) is 37.3 Å². The van der Waals surface area contributed by atoms with Crippen LogP contribution in [0.1, 0.15) is 49.0 Å². The number of hydrogen-bond donors (Lipinski definition) is 1. The highest BCUT2D eigenvalue weighted by Crippen LogP contribution is 2.37. The van der Waals surface area contributed by atoms with Crippen molar-refractivity contribution in [3.63, 3.8) is 0 Å². The van der Waals surface area contributed by atoms with Crippen molar-refractivity contribution in [1.82, 2.24) is 9.55 Å². The summed E-state index contributed by atoms with van der Waals surface area (Å²) >= 11 is 0. The van der Waals surface area contributed by atoms with Gasteiger partial charge in [-0.3, -0.25) is 0 Å². The summed E-state index contributed by atoms with van der Waals surface area (Å²) in [7, 11) is 0. The molecule has 1 fully saturated rings. The van der Waals surface area contributed by atoms with Crippen molar-refractivity contribution in [3.05, 3.63) is 48.0 Å². The van der Waals surface area contributed by atoms with Crippen LogP contribution in [0.25, 0.3) is 22.4 Å². The van der Waals surface area contributed by atoms with Crippen molar-refractivity contribution in [1.29, 1.82) is 0 Å². The second kappa shape index (κ2) is 6.83. The standard InChI is InChI=1S/C21H22N2O3/c1-2-26-17-10-7-14(8-11-17)20-22-18-13-15(21(24)25)9-12-19(18)23(20)16-5-3-4-6-16/h7-13,16H,2-6H2,1H3,(H,24,25). The third-order valence-corrected chi connectivity index (χ3v) is 5.05. The minimum absolute atomic E-state index is 0.270. The third kappa shape index (κ3) is 2.94. The van der Waals surface area contributed by atoms with Crippen molar-refractivity contribution in [2.24, 2.45) is 0 Å². The zero-order valence-corrected chi connectivity index (χ0v) is 14.8. The molecule has 0 amide bonds. The van der Waals surface area contributed by atoms with Gasteiger partial charge in [0.25, 0.3) is 0 Å². The van der Waals surface area contributed by atoms with Crippen molar-refractivity contribution >= 4 is 17.0 Å². The number of carboxylic acids is 1. The Morgan fingerprint density at radius 1 is 1.19 bits per heavy atom. The topological polar surface area (TPSA) is 64.3 Å². The number of ether oxygens (including phenoxy) is 1. The molecule has 1 aliphatic rings. The number of rotatable bonds is 5. The molecule has 5 nitrogen and oxygen atoms in total. The Bertz CT molecular complexity index is 938. The van der Waals surface area contributed by atoms with E-state index in [2.05, 4.69) is 4.57 Å². The van der Waals surface area contributed by atoms with Crippen LogP contribution in [-0.2, 0) is 0 Å². The van der Waals surface area contributed by atoms with E-state index in [1.54, 1.807) is 12.1 Å². The fourth-order valence-corrected chi connectivity index (χ4v) is 3.83. The van der Waals surface area contributed by atoms with Gasteiger partial charge in [0.15, 0.2) is 0 Å². The average molecular weight is 350 g/mol. The number of aromatic nitrogens is 2. The van der Waals surface area contributed by atoms with E-state index in [0.29, 0.717) is 12.6 Å². The molecule has 1 heterocycles. The molecule has 0 unspecified atom stereocenters.